The van der Waals surface area contributed by atoms with Crippen molar-refractivity contribution in [1.29, 1.82) is 0 Å². The molecule has 0 aliphatic heterocycles. The zero-order valence-corrected chi connectivity index (χ0v) is 20.6. The first-order chi connectivity index (χ1) is 17.5. The number of amides is 1. The molecule has 0 unspecified atom stereocenters. The van der Waals surface area contributed by atoms with Crippen LogP contribution in [0.15, 0.2) is 47.4 Å². The zero-order chi connectivity index (χ0) is 25.4. The van der Waals surface area contributed by atoms with Gasteiger partial charge in [0.1, 0.15) is 5.75 Å². The molecule has 0 saturated heterocycles. The third-order valence-electron chi connectivity index (χ3n) is 6.37. The molecule has 0 saturated carbocycles. The van der Waals surface area contributed by atoms with Crippen molar-refractivity contribution < 1.29 is 23.7 Å². The van der Waals surface area contributed by atoms with E-state index in [-0.39, 0.29) is 11.5 Å². The quantitative estimate of drug-likeness (QED) is 0.250. The van der Waals surface area contributed by atoms with Crippen LogP contribution in [0.2, 0.25) is 0 Å². The smallest absolute Gasteiger partial charge is 0.267 e. The lowest BCUT2D eigenvalue weighted by Crippen LogP contribution is -2.37. The van der Waals surface area contributed by atoms with Gasteiger partial charge in [-0.05, 0) is 49.7 Å². The van der Waals surface area contributed by atoms with Gasteiger partial charge in [0.25, 0.3) is 11.5 Å². The number of methoxy groups -OCH3 is 3. The van der Waals surface area contributed by atoms with Crippen LogP contribution in [-0.2, 0) is 9.53 Å². The summed E-state index contributed by atoms with van der Waals surface area (Å²) in [7, 11) is 4.68. The Labute approximate surface area is 206 Å². The topological polar surface area (TPSA) is 100 Å². The first kappa shape index (κ1) is 23.6. The lowest BCUT2D eigenvalue weighted by Gasteiger charge is -2.15. The van der Waals surface area contributed by atoms with E-state index >= 15 is 0 Å². The highest BCUT2D eigenvalue weighted by atomic mass is 16.5. The van der Waals surface area contributed by atoms with Gasteiger partial charge >= 0.3 is 0 Å². The highest BCUT2D eigenvalue weighted by Gasteiger charge is 2.22. The van der Waals surface area contributed by atoms with Gasteiger partial charge < -0.3 is 24.3 Å². The first-order valence-corrected chi connectivity index (χ1v) is 11.7. The molecule has 0 aliphatic carbocycles. The summed E-state index contributed by atoms with van der Waals surface area (Å²) in [6, 6.07) is 10.9. The molecule has 2 aromatic carbocycles. The molecule has 5 aromatic rings. The van der Waals surface area contributed by atoms with Crippen LogP contribution in [0.3, 0.4) is 0 Å². The fourth-order valence-corrected chi connectivity index (χ4v) is 4.70. The first-order valence-electron chi connectivity index (χ1n) is 11.7. The molecular formula is C27H27N3O6. The van der Waals surface area contributed by atoms with E-state index in [9.17, 15) is 9.59 Å². The van der Waals surface area contributed by atoms with E-state index in [0.29, 0.717) is 52.2 Å². The van der Waals surface area contributed by atoms with Crippen LogP contribution >= 0.6 is 0 Å². The molecule has 0 radical (unpaired) electrons. The number of carbonyl (C=O) groups excluding carboxylic acids is 1. The van der Waals surface area contributed by atoms with E-state index in [0.717, 1.165) is 22.7 Å². The third kappa shape index (κ3) is 3.72. The van der Waals surface area contributed by atoms with Gasteiger partial charge in [-0.2, -0.15) is 0 Å². The number of aromatic nitrogens is 2. The van der Waals surface area contributed by atoms with Crippen LogP contribution in [0, 0.1) is 0 Å². The van der Waals surface area contributed by atoms with Crippen molar-refractivity contribution in [2.45, 2.75) is 19.4 Å². The van der Waals surface area contributed by atoms with Crippen LogP contribution in [0.25, 0.3) is 38.1 Å². The van der Waals surface area contributed by atoms with Crippen LogP contribution in [-0.4, -0.2) is 55.9 Å². The van der Waals surface area contributed by atoms with E-state index in [4.69, 9.17) is 18.9 Å². The predicted octanol–water partition coefficient (Wildman–Crippen LogP) is 3.53. The van der Waals surface area contributed by atoms with E-state index in [2.05, 4.69) is 10.3 Å². The maximum atomic E-state index is 13.8. The SMILES string of the molecule is COCCCNC(=O)[C@H](C)Oc1ccc2c(c1)c1ccnc3c4ccc(OC)c(OC)c4c(=O)n2c13. The minimum absolute atomic E-state index is 0.204. The van der Waals surface area contributed by atoms with Crippen LogP contribution < -0.4 is 25.1 Å². The molecule has 0 fully saturated rings. The Balaban J connectivity index is 1.63. The van der Waals surface area contributed by atoms with Crippen molar-refractivity contribution in [3.05, 3.63) is 52.9 Å². The van der Waals surface area contributed by atoms with Gasteiger partial charge in [0, 0.05) is 42.6 Å². The van der Waals surface area contributed by atoms with Crippen molar-refractivity contribution in [2.75, 3.05) is 34.5 Å². The molecule has 0 bridgehead atoms. The lowest BCUT2D eigenvalue weighted by atomic mass is 10.1. The fraction of sp³-hybridized carbons (Fsp3) is 0.296. The van der Waals surface area contributed by atoms with Crippen LogP contribution in [0.5, 0.6) is 17.2 Å². The van der Waals surface area contributed by atoms with E-state index in [1.807, 2.05) is 24.3 Å². The Morgan fingerprint density at radius 1 is 1.06 bits per heavy atom. The average Bonchev–Trinajstić information content (AvgIpc) is 3.23. The highest BCUT2D eigenvalue weighted by Crippen LogP contribution is 2.39. The van der Waals surface area contributed by atoms with Crippen LogP contribution in [0.1, 0.15) is 13.3 Å². The molecule has 5 rings (SSSR count). The molecule has 36 heavy (non-hydrogen) atoms. The van der Waals surface area contributed by atoms with Gasteiger partial charge in [0.05, 0.1) is 36.2 Å². The number of hydrogen-bond donors (Lipinski definition) is 1. The Hall–Kier alpha value is -4.11. The Bertz CT molecular complexity index is 1640. The van der Waals surface area contributed by atoms with Gasteiger partial charge in [-0.25, -0.2) is 0 Å². The largest absolute Gasteiger partial charge is 0.493 e. The summed E-state index contributed by atoms with van der Waals surface area (Å²) in [5.41, 5.74) is 1.89. The van der Waals surface area contributed by atoms with Crippen LogP contribution in [0.4, 0.5) is 0 Å². The van der Waals surface area contributed by atoms with E-state index in [1.165, 1.54) is 14.2 Å². The van der Waals surface area contributed by atoms with Gasteiger partial charge in [-0.1, -0.05) is 0 Å². The molecule has 1 amide bonds. The molecular weight excluding hydrogens is 462 g/mol. The molecule has 3 heterocycles. The molecule has 0 spiro atoms. The summed E-state index contributed by atoms with van der Waals surface area (Å²) in [6.45, 7) is 2.79. The summed E-state index contributed by atoms with van der Waals surface area (Å²) in [4.78, 5) is 30.9. The summed E-state index contributed by atoms with van der Waals surface area (Å²) < 4.78 is 23.6. The normalized spacial score (nSPS) is 12.4. The molecule has 186 valence electrons. The molecule has 0 aliphatic rings. The number of fused-ring (bicyclic) bond motifs is 5. The second-order valence-corrected chi connectivity index (χ2v) is 8.50. The summed E-state index contributed by atoms with van der Waals surface area (Å²) >= 11 is 0. The standard InChI is InChI=1S/C27H27N3O6/c1-15(26(31)29-11-5-13-33-2)36-16-6-8-20-19(14-16)17-10-12-28-23-18-7-9-21(34-3)25(35-4)22(18)27(32)30(20)24(17)23/h6-10,12,14-15H,5,11,13H2,1-4H3,(H,29,31)/t15-/m0/s1. The molecule has 3 aromatic heterocycles. The minimum atomic E-state index is -0.686. The Morgan fingerprint density at radius 2 is 1.89 bits per heavy atom. The fourth-order valence-electron chi connectivity index (χ4n) is 4.70. The summed E-state index contributed by atoms with van der Waals surface area (Å²) in [5, 5.41) is 5.63. The number of nitrogens with one attached hydrogen (secondary N) is 1. The average molecular weight is 490 g/mol. The highest BCUT2D eigenvalue weighted by molar-refractivity contribution is 6.19. The number of benzene rings is 2. The second kappa shape index (κ2) is 9.50. The number of pyridine rings is 2. The summed E-state index contributed by atoms with van der Waals surface area (Å²) in [6.07, 6.45) is 1.76. The molecule has 1 N–H and O–H groups in total. The molecule has 9 heteroatoms. The Kier molecular flexibility index (Phi) is 6.24. The maximum Gasteiger partial charge on any atom is 0.267 e. The zero-order valence-electron chi connectivity index (χ0n) is 20.6. The third-order valence-corrected chi connectivity index (χ3v) is 6.37. The van der Waals surface area contributed by atoms with Crippen molar-refractivity contribution in [3.8, 4) is 17.2 Å². The number of hydrogen-bond acceptors (Lipinski definition) is 7. The number of ether oxygens (including phenoxy) is 4. The van der Waals surface area contributed by atoms with Gasteiger partial charge in [-0.15, -0.1) is 0 Å². The minimum Gasteiger partial charge on any atom is -0.493 e. The second-order valence-electron chi connectivity index (χ2n) is 8.50. The lowest BCUT2D eigenvalue weighted by molar-refractivity contribution is -0.127. The van der Waals surface area contributed by atoms with Crippen molar-refractivity contribution in [3.63, 3.8) is 0 Å². The van der Waals surface area contributed by atoms with E-state index < -0.39 is 6.10 Å². The predicted molar refractivity (Wildman–Crippen MR) is 138 cm³/mol. The van der Waals surface area contributed by atoms with Gasteiger partial charge in [-0.3, -0.25) is 19.0 Å². The van der Waals surface area contributed by atoms with Gasteiger partial charge in [0.15, 0.2) is 17.6 Å². The van der Waals surface area contributed by atoms with Crippen molar-refractivity contribution >= 4 is 44.0 Å². The number of nitrogens with zero attached hydrogens (tertiary/aromatic N) is 2. The number of carbonyl (C=O) groups is 1. The summed E-state index contributed by atoms with van der Waals surface area (Å²) in [5.74, 6) is 1.17. The van der Waals surface area contributed by atoms with Gasteiger partial charge in [0.2, 0.25) is 0 Å². The van der Waals surface area contributed by atoms with Crippen molar-refractivity contribution in [2.24, 2.45) is 0 Å². The Morgan fingerprint density at radius 3 is 2.64 bits per heavy atom. The van der Waals surface area contributed by atoms with E-state index in [1.54, 1.807) is 36.8 Å². The monoisotopic (exact) mass is 489 g/mol. The number of rotatable bonds is 9. The molecule has 1 atom stereocenters. The van der Waals surface area contributed by atoms with Crippen molar-refractivity contribution in [1.82, 2.24) is 14.7 Å². The maximum absolute atomic E-state index is 13.8. The molecule has 9 nitrogen and oxygen atoms in total.